The first-order chi connectivity index (χ1) is 15.0. The molecule has 0 aliphatic heterocycles. The summed E-state index contributed by atoms with van der Waals surface area (Å²) in [5.41, 5.74) is 10.7. The quantitative estimate of drug-likeness (QED) is 0.391. The Kier molecular flexibility index (Phi) is 11.4. The lowest BCUT2D eigenvalue weighted by molar-refractivity contribution is 0.482. The summed E-state index contributed by atoms with van der Waals surface area (Å²) in [6.07, 6.45) is 4.68. The SMILES string of the molecule is CCN(CC)C(=S)SSC(=S)N(CC)CC.Nc1c2c(nc3ccccc13)CCCC2. The number of anilines is 1. The zero-order valence-electron chi connectivity index (χ0n) is 19.0. The minimum atomic E-state index is 0.921. The first kappa shape index (κ1) is 26.2. The number of thiocarbonyl (C=S) groups is 2. The Bertz CT molecular complexity index is 855. The normalized spacial score (nSPS) is 12.5. The number of fused-ring (bicyclic) bond motifs is 2. The summed E-state index contributed by atoms with van der Waals surface area (Å²) in [7, 11) is 3.18. The molecule has 0 atom stereocenters. The van der Waals surface area contributed by atoms with Crippen LogP contribution in [0.25, 0.3) is 10.9 Å². The Labute approximate surface area is 206 Å². The highest BCUT2D eigenvalue weighted by Crippen LogP contribution is 2.30. The average Bonchev–Trinajstić information content (AvgIpc) is 2.80. The minimum absolute atomic E-state index is 0.921. The molecule has 0 radical (unpaired) electrons. The number of rotatable bonds is 4. The van der Waals surface area contributed by atoms with Gasteiger partial charge in [0.1, 0.15) is 8.64 Å². The molecular formula is C23H34N4S4. The van der Waals surface area contributed by atoms with Crippen molar-refractivity contribution in [2.75, 3.05) is 31.9 Å². The van der Waals surface area contributed by atoms with E-state index in [1.54, 1.807) is 21.6 Å². The third-order valence-electron chi connectivity index (χ3n) is 5.44. The van der Waals surface area contributed by atoms with Gasteiger partial charge in [0.05, 0.1) is 5.52 Å². The fourth-order valence-corrected chi connectivity index (χ4v) is 6.61. The predicted molar refractivity (Wildman–Crippen MR) is 149 cm³/mol. The molecule has 1 heterocycles. The molecule has 0 saturated carbocycles. The molecule has 0 bridgehead atoms. The van der Waals surface area contributed by atoms with Crippen molar-refractivity contribution in [3.63, 3.8) is 0 Å². The summed E-state index contributed by atoms with van der Waals surface area (Å²) in [5, 5.41) is 1.11. The summed E-state index contributed by atoms with van der Waals surface area (Å²) in [5.74, 6) is 0. The number of nitrogens with two attached hydrogens (primary N) is 1. The maximum atomic E-state index is 6.20. The lowest BCUT2D eigenvalue weighted by atomic mass is 9.93. The molecule has 1 aromatic heterocycles. The van der Waals surface area contributed by atoms with Gasteiger partial charge in [0.25, 0.3) is 0 Å². The van der Waals surface area contributed by atoms with Crippen molar-refractivity contribution in [1.82, 2.24) is 14.8 Å². The van der Waals surface area contributed by atoms with Crippen LogP contribution in [0.4, 0.5) is 5.69 Å². The first-order valence-corrected chi connectivity index (χ1v) is 14.0. The minimum Gasteiger partial charge on any atom is -0.398 e. The van der Waals surface area contributed by atoms with Crippen molar-refractivity contribution in [1.29, 1.82) is 0 Å². The van der Waals surface area contributed by atoms with E-state index in [0.29, 0.717) is 0 Å². The second kappa shape index (κ2) is 13.5. The fourth-order valence-electron chi connectivity index (χ4n) is 3.55. The van der Waals surface area contributed by atoms with Crippen molar-refractivity contribution in [2.45, 2.75) is 53.4 Å². The highest BCUT2D eigenvalue weighted by atomic mass is 33.1. The molecule has 0 fully saturated rings. The Morgan fingerprint density at radius 1 is 0.903 bits per heavy atom. The number of aromatic nitrogens is 1. The molecule has 0 unspecified atom stereocenters. The Morgan fingerprint density at radius 3 is 1.97 bits per heavy atom. The van der Waals surface area contributed by atoms with Crippen molar-refractivity contribution >= 4 is 71.3 Å². The van der Waals surface area contributed by atoms with Crippen molar-refractivity contribution in [3.05, 3.63) is 35.5 Å². The van der Waals surface area contributed by atoms with Gasteiger partial charge in [-0.25, -0.2) is 0 Å². The number of hydrogen-bond acceptors (Lipinski definition) is 6. The summed E-state index contributed by atoms with van der Waals surface area (Å²) in [6, 6.07) is 8.15. The van der Waals surface area contributed by atoms with Gasteiger partial charge in [-0.1, -0.05) is 42.6 Å². The highest BCUT2D eigenvalue weighted by molar-refractivity contribution is 8.89. The van der Waals surface area contributed by atoms with Crippen molar-refractivity contribution < 1.29 is 0 Å². The van der Waals surface area contributed by atoms with Crippen LogP contribution in [-0.4, -0.2) is 49.6 Å². The largest absolute Gasteiger partial charge is 0.398 e. The summed E-state index contributed by atoms with van der Waals surface area (Å²) in [6.45, 7) is 12.3. The van der Waals surface area contributed by atoms with Gasteiger partial charge in [-0.2, -0.15) is 0 Å². The second-order valence-electron chi connectivity index (χ2n) is 7.22. The van der Waals surface area contributed by atoms with E-state index in [9.17, 15) is 0 Å². The van der Waals surface area contributed by atoms with Gasteiger partial charge < -0.3 is 15.5 Å². The molecule has 2 N–H and O–H groups in total. The second-order valence-corrected chi connectivity index (χ2v) is 10.6. The van der Waals surface area contributed by atoms with Gasteiger partial charge in [-0.15, -0.1) is 0 Å². The van der Waals surface area contributed by atoms with Crippen LogP contribution in [0.15, 0.2) is 24.3 Å². The third kappa shape index (κ3) is 7.20. The van der Waals surface area contributed by atoms with E-state index in [0.717, 1.165) is 64.3 Å². The Morgan fingerprint density at radius 2 is 1.42 bits per heavy atom. The van der Waals surface area contributed by atoms with Crippen molar-refractivity contribution in [2.24, 2.45) is 0 Å². The van der Waals surface area contributed by atoms with E-state index >= 15 is 0 Å². The highest BCUT2D eigenvalue weighted by Gasteiger charge is 2.15. The molecule has 0 saturated heterocycles. The lowest BCUT2D eigenvalue weighted by Gasteiger charge is -2.23. The topological polar surface area (TPSA) is 45.4 Å². The maximum Gasteiger partial charge on any atom is 0.147 e. The van der Waals surface area contributed by atoms with Crippen LogP contribution in [0.3, 0.4) is 0 Å². The first-order valence-electron chi connectivity index (χ1n) is 11.0. The maximum absolute atomic E-state index is 6.20. The van der Waals surface area contributed by atoms with Gasteiger partial charge in [0.15, 0.2) is 0 Å². The van der Waals surface area contributed by atoms with E-state index in [1.807, 2.05) is 18.2 Å². The Hall–Kier alpha value is -1.09. The average molecular weight is 495 g/mol. The monoisotopic (exact) mass is 494 g/mol. The zero-order valence-corrected chi connectivity index (χ0v) is 22.3. The van der Waals surface area contributed by atoms with Gasteiger partial charge in [-0.3, -0.25) is 4.98 Å². The fraction of sp³-hybridized carbons (Fsp3) is 0.522. The number of benzene rings is 1. The molecule has 0 amide bonds. The lowest BCUT2D eigenvalue weighted by Crippen LogP contribution is -2.28. The smallest absolute Gasteiger partial charge is 0.147 e. The summed E-state index contributed by atoms with van der Waals surface area (Å²) < 4.78 is 1.84. The molecule has 31 heavy (non-hydrogen) atoms. The molecule has 4 nitrogen and oxygen atoms in total. The van der Waals surface area contributed by atoms with Gasteiger partial charge in [0, 0.05) is 42.9 Å². The molecule has 170 valence electrons. The number of pyridine rings is 1. The van der Waals surface area contributed by atoms with Crippen LogP contribution in [0, 0.1) is 0 Å². The summed E-state index contributed by atoms with van der Waals surface area (Å²) >= 11 is 10.7. The van der Waals surface area contributed by atoms with Crippen LogP contribution < -0.4 is 5.73 Å². The van der Waals surface area contributed by atoms with Gasteiger partial charge in [0.2, 0.25) is 0 Å². The predicted octanol–water partition coefficient (Wildman–Crippen LogP) is 6.32. The van der Waals surface area contributed by atoms with E-state index in [4.69, 9.17) is 35.2 Å². The van der Waals surface area contributed by atoms with Crippen LogP contribution in [0.2, 0.25) is 0 Å². The molecular weight excluding hydrogens is 461 g/mol. The van der Waals surface area contributed by atoms with E-state index in [-0.39, 0.29) is 0 Å². The summed E-state index contributed by atoms with van der Waals surface area (Å²) in [4.78, 5) is 9.03. The molecule has 1 aliphatic rings. The van der Waals surface area contributed by atoms with Crippen LogP contribution in [0.5, 0.6) is 0 Å². The van der Waals surface area contributed by atoms with E-state index < -0.39 is 0 Å². The number of aryl methyl sites for hydroxylation is 1. The van der Waals surface area contributed by atoms with E-state index in [2.05, 4.69) is 43.6 Å². The number of nitrogen functional groups attached to an aromatic ring is 1. The number of para-hydroxylation sites is 1. The number of nitrogens with zero attached hydrogens (tertiary/aromatic N) is 3. The van der Waals surface area contributed by atoms with Crippen LogP contribution in [-0.2, 0) is 12.8 Å². The number of hydrogen-bond donors (Lipinski definition) is 1. The van der Waals surface area contributed by atoms with Crippen LogP contribution in [0.1, 0.15) is 51.8 Å². The van der Waals surface area contributed by atoms with E-state index in [1.165, 1.54) is 24.1 Å². The zero-order chi connectivity index (χ0) is 22.8. The molecule has 8 heteroatoms. The molecule has 3 rings (SSSR count). The van der Waals surface area contributed by atoms with Crippen LogP contribution >= 0.6 is 46.0 Å². The standard InChI is InChI=1S/C13H14N2.C10H20N2S4/c14-13-9-5-1-3-7-11(9)15-12-8-4-2-6-10(12)13;1-5-11(6-2)9(13)15-16-10(14)12(7-3)8-4/h1,3,5,7H,2,4,6,8H2,(H2,14,15);5-8H2,1-4H3. The van der Waals surface area contributed by atoms with Gasteiger partial charge >= 0.3 is 0 Å². The third-order valence-corrected chi connectivity index (χ3v) is 9.17. The molecule has 1 aliphatic carbocycles. The Balaban J connectivity index is 0.000000220. The van der Waals surface area contributed by atoms with Gasteiger partial charge in [-0.05, 0) is 86.6 Å². The molecule has 1 aromatic carbocycles. The molecule has 0 spiro atoms. The molecule has 2 aromatic rings. The van der Waals surface area contributed by atoms with Crippen molar-refractivity contribution in [3.8, 4) is 0 Å².